The van der Waals surface area contributed by atoms with Crippen molar-refractivity contribution in [1.82, 2.24) is 0 Å². The molecule has 2 rings (SSSR count). The molecule has 0 aromatic heterocycles. The normalized spacial score (nSPS) is 21.0. The van der Waals surface area contributed by atoms with E-state index < -0.39 is 11.9 Å². The highest BCUT2D eigenvalue weighted by Crippen LogP contribution is 2.29. The number of hydrogen-bond donors (Lipinski definition) is 1. The zero-order chi connectivity index (χ0) is 15.4. The van der Waals surface area contributed by atoms with Gasteiger partial charge in [-0.2, -0.15) is 5.26 Å². The average molecular weight is 309 g/mol. The fraction of sp³-hybridized carbons (Fsp3) is 0.467. The van der Waals surface area contributed by atoms with Gasteiger partial charge in [0.2, 0.25) is 0 Å². The van der Waals surface area contributed by atoms with Crippen molar-refractivity contribution in [1.29, 1.82) is 5.26 Å². The molecule has 1 aliphatic rings. The maximum Gasteiger partial charge on any atom is 0.311 e. The van der Waals surface area contributed by atoms with Gasteiger partial charge in [0, 0.05) is 12.2 Å². The van der Waals surface area contributed by atoms with Crippen molar-refractivity contribution in [2.75, 3.05) is 24.7 Å². The van der Waals surface area contributed by atoms with E-state index in [1.807, 2.05) is 17.9 Å². The summed E-state index contributed by atoms with van der Waals surface area (Å²) in [6.07, 6.45) is 0.875. The molecule has 0 aliphatic carbocycles. The van der Waals surface area contributed by atoms with Crippen LogP contribution in [0.25, 0.3) is 0 Å². The summed E-state index contributed by atoms with van der Waals surface area (Å²) >= 11 is 6.08. The summed E-state index contributed by atoms with van der Waals surface area (Å²) in [6, 6.07) is 6.98. The molecule has 5 nitrogen and oxygen atoms in total. The second-order valence-corrected chi connectivity index (χ2v) is 5.43. The maximum absolute atomic E-state index is 11.3. The van der Waals surface area contributed by atoms with E-state index in [9.17, 15) is 9.90 Å². The van der Waals surface area contributed by atoms with Gasteiger partial charge in [-0.05, 0) is 24.6 Å². The Morgan fingerprint density at radius 1 is 1.57 bits per heavy atom. The van der Waals surface area contributed by atoms with Crippen LogP contribution in [0.5, 0.6) is 0 Å². The molecule has 0 amide bonds. The second kappa shape index (κ2) is 6.79. The van der Waals surface area contributed by atoms with Gasteiger partial charge in [-0.15, -0.1) is 0 Å². The van der Waals surface area contributed by atoms with Gasteiger partial charge in [0.1, 0.15) is 12.0 Å². The van der Waals surface area contributed by atoms with Gasteiger partial charge in [-0.25, -0.2) is 0 Å². The highest BCUT2D eigenvalue weighted by Gasteiger charge is 2.38. The first-order valence-corrected chi connectivity index (χ1v) is 7.23. The number of nitriles is 1. The predicted octanol–water partition coefficient (Wildman–Crippen LogP) is 2.53. The Balaban J connectivity index is 2.32. The molecule has 6 heteroatoms. The Hall–Kier alpha value is -1.77. The summed E-state index contributed by atoms with van der Waals surface area (Å²) in [5.41, 5.74) is 1.23. The van der Waals surface area contributed by atoms with Crippen LogP contribution in [0.3, 0.4) is 0 Å². The maximum atomic E-state index is 11.3. The van der Waals surface area contributed by atoms with Gasteiger partial charge < -0.3 is 14.7 Å². The summed E-state index contributed by atoms with van der Waals surface area (Å²) < 4.78 is 5.35. The third-order valence-corrected chi connectivity index (χ3v) is 3.95. The molecular weight excluding hydrogens is 292 g/mol. The van der Waals surface area contributed by atoms with E-state index in [2.05, 4.69) is 0 Å². The number of aliphatic carboxylic acids is 1. The Labute approximate surface area is 128 Å². The molecule has 0 bridgehead atoms. The van der Waals surface area contributed by atoms with Crippen molar-refractivity contribution >= 4 is 23.3 Å². The zero-order valence-corrected chi connectivity index (χ0v) is 12.5. The van der Waals surface area contributed by atoms with Crippen LogP contribution in [-0.4, -0.2) is 36.9 Å². The van der Waals surface area contributed by atoms with Crippen LogP contribution in [0.1, 0.15) is 18.9 Å². The highest BCUT2D eigenvalue weighted by atomic mass is 35.5. The lowest BCUT2D eigenvalue weighted by Crippen LogP contribution is -2.43. The molecule has 1 N–H and O–H groups in total. The van der Waals surface area contributed by atoms with Gasteiger partial charge in [0.25, 0.3) is 0 Å². The molecule has 1 aliphatic heterocycles. The Morgan fingerprint density at radius 3 is 2.90 bits per heavy atom. The van der Waals surface area contributed by atoms with Crippen LogP contribution in [0.4, 0.5) is 5.69 Å². The molecule has 0 radical (unpaired) electrons. The van der Waals surface area contributed by atoms with Crippen molar-refractivity contribution < 1.29 is 14.6 Å². The van der Waals surface area contributed by atoms with Crippen molar-refractivity contribution in [3.63, 3.8) is 0 Å². The summed E-state index contributed by atoms with van der Waals surface area (Å²) in [5.74, 6) is -1.40. The first kappa shape index (κ1) is 15.6. The van der Waals surface area contributed by atoms with Gasteiger partial charge >= 0.3 is 5.97 Å². The number of halogens is 1. The predicted molar refractivity (Wildman–Crippen MR) is 79.5 cm³/mol. The molecule has 1 aromatic carbocycles. The molecule has 1 aromatic rings. The van der Waals surface area contributed by atoms with Crippen LogP contribution in [0.2, 0.25) is 5.02 Å². The standard InChI is InChI=1S/C15H17ClN2O3/c1-2-5-18(14-9-21-8-12(14)15(19)20)11-4-3-10(7-17)13(16)6-11/h3-4,6,12,14H,2,5,8-9H2,1H3,(H,19,20). The van der Waals surface area contributed by atoms with E-state index >= 15 is 0 Å². The van der Waals surface area contributed by atoms with E-state index in [0.29, 0.717) is 23.7 Å². The van der Waals surface area contributed by atoms with Crippen molar-refractivity contribution in [2.45, 2.75) is 19.4 Å². The summed E-state index contributed by atoms with van der Waals surface area (Å²) in [5, 5.41) is 18.6. The second-order valence-electron chi connectivity index (χ2n) is 5.02. The number of carbonyl (C=O) groups is 1. The lowest BCUT2D eigenvalue weighted by Gasteiger charge is -2.32. The van der Waals surface area contributed by atoms with Crippen molar-refractivity contribution in [3.8, 4) is 6.07 Å². The summed E-state index contributed by atoms with van der Waals surface area (Å²) in [6.45, 7) is 3.35. The number of nitrogens with zero attached hydrogens (tertiary/aromatic N) is 2. The lowest BCUT2D eigenvalue weighted by molar-refractivity contribution is -0.141. The van der Waals surface area contributed by atoms with Crippen LogP contribution >= 0.6 is 11.6 Å². The third-order valence-electron chi connectivity index (χ3n) is 3.64. The zero-order valence-electron chi connectivity index (χ0n) is 11.8. The minimum Gasteiger partial charge on any atom is -0.481 e. The minimum absolute atomic E-state index is 0.216. The SMILES string of the molecule is CCCN(c1ccc(C#N)c(Cl)c1)C1COCC1C(=O)O. The molecule has 1 saturated heterocycles. The molecule has 0 spiro atoms. The highest BCUT2D eigenvalue weighted by molar-refractivity contribution is 6.32. The van der Waals surface area contributed by atoms with Crippen LogP contribution in [-0.2, 0) is 9.53 Å². The molecule has 1 heterocycles. The van der Waals surface area contributed by atoms with E-state index in [1.54, 1.807) is 18.2 Å². The van der Waals surface area contributed by atoms with E-state index in [-0.39, 0.29) is 12.6 Å². The van der Waals surface area contributed by atoms with E-state index in [4.69, 9.17) is 21.6 Å². The lowest BCUT2D eigenvalue weighted by atomic mass is 10.0. The number of hydrogen-bond acceptors (Lipinski definition) is 4. The van der Waals surface area contributed by atoms with Gasteiger partial charge in [0.05, 0.1) is 29.8 Å². The van der Waals surface area contributed by atoms with Gasteiger partial charge in [0.15, 0.2) is 0 Å². The topological polar surface area (TPSA) is 73.6 Å². The number of carboxylic acid groups (broad SMARTS) is 1. The minimum atomic E-state index is -0.849. The van der Waals surface area contributed by atoms with Crippen LogP contribution in [0, 0.1) is 17.2 Å². The molecule has 1 fully saturated rings. The number of benzene rings is 1. The number of rotatable bonds is 5. The average Bonchev–Trinajstić information content (AvgIpc) is 2.94. The van der Waals surface area contributed by atoms with Crippen LogP contribution in [0.15, 0.2) is 18.2 Å². The molecule has 21 heavy (non-hydrogen) atoms. The summed E-state index contributed by atoms with van der Waals surface area (Å²) in [4.78, 5) is 13.4. The fourth-order valence-corrected chi connectivity index (χ4v) is 2.80. The van der Waals surface area contributed by atoms with Gasteiger partial charge in [-0.1, -0.05) is 18.5 Å². The third kappa shape index (κ3) is 3.29. The van der Waals surface area contributed by atoms with Crippen molar-refractivity contribution in [2.24, 2.45) is 5.92 Å². The first-order valence-electron chi connectivity index (χ1n) is 6.85. The molecule has 112 valence electrons. The molecule has 0 saturated carbocycles. The van der Waals surface area contributed by atoms with E-state index in [0.717, 1.165) is 12.1 Å². The Bertz CT molecular complexity index is 571. The molecular formula is C15H17ClN2O3. The van der Waals surface area contributed by atoms with E-state index in [1.165, 1.54) is 0 Å². The quantitative estimate of drug-likeness (QED) is 0.905. The number of anilines is 1. The molecule has 2 atom stereocenters. The fourth-order valence-electron chi connectivity index (χ4n) is 2.59. The Kier molecular flexibility index (Phi) is 5.05. The largest absolute Gasteiger partial charge is 0.481 e. The number of carboxylic acids is 1. The smallest absolute Gasteiger partial charge is 0.311 e. The first-order chi connectivity index (χ1) is 10.1. The number of ether oxygens (including phenoxy) is 1. The van der Waals surface area contributed by atoms with Gasteiger partial charge in [-0.3, -0.25) is 4.79 Å². The Morgan fingerprint density at radius 2 is 2.33 bits per heavy atom. The monoisotopic (exact) mass is 308 g/mol. The summed E-state index contributed by atoms with van der Waals surface area (Å²) in [7, 11) is 0. The van der Waals surface area contributed by atoms with Crippen LogP contribution < -0.4 is 4.90 Å². The van der Waals surface area contributed by atoms with Crippen molar-refractivity contribution in [3.05, 3.63) is 28.8 Å². The molecule has 2 unspecified atom stereocenters.